The number of carbonyl (C=O) groups is 1. The van der Waals surface area contributed by atoms with E-state index in [1.165, 1.54) is 4.88 Å². The van der Waals surface area contributed by atoms with Crippen LogP contribution in [0, 0.1) is 12.8 Å². The number of hydrogen-bond donors (Lipinski definition) is 0. The summed E-state index contributed by atoms with van der Waals surface area (Å²) < 4.78 is 5.17. The second kappa shape index (κ2) is 9.26. The molecule has 1 aromatic heterocycles. The number of aromatic nitrogens is 1. The van der Waals surface area contributed by atoms with Gasteiger partial charge in [0.25, 0.3) is 0 Å². The summed E-state index contributed by atoms with van der Waals surface area (Å²) >= 11 is 1.63. The molecule has 1 aliphatic heterocycles. The van der Waals surface area contributed by atoms with Gasteiger partial charge in [0.2, 0.25) is 5.91 Å². The maximum atomic E-state index is 13.3. The third kappa shape index (κ3) is 4.90. The lowest BCUT2D eigenvalue weighted by Gasteiger charge is -2.26. The van der Waals surface area contributed by atoms with Crippen LogP contribution in [0.25, 0.3) is 0 Å². The highest BCUT2D eigenvalue weighted by Gasteiger charge is 2.31. The van der Waals surface area contributed by atoms with Gasteiger partial charge in [0, 0.05) is 31.6 Å². The first-order valence-corrected chi connectivity index (χ1v) is 9.98. The normalized spacial score (nSPS) is 17.5. The Morgan fingerprint density at radius 3 is 2.85 bits per heavy atom. The Labute approximate surface area is 159 Å². The first-order chi connectivity index (χ1) is 12.7. The van der Waals surface area contributed by atoms with E-state index in [2.05, 4.69) is 22.0 Å². The molecular weight excluding hydrogens is 346 g/mol. The van der Waals surface area contributed by atoms with E-state index in [-0.39, 0.29) is 11.8 Å². The predicted octanol–water partition coefficient (Wildman–Crippen LogP) is 2.95. The number of thiazole rings is 1. The Bertz CT molecular complexity index is 704. The Morgan fingerprint density at radius 1 is 1.35 bits per heavy atom. The zero-order valence-corrected chi connectivity index (χ0v) is 16.4. The molecule has 3 rings (SSSR count). The summed E-state index contributed by atoms with van der Waals surface area (Å²) in [5.41, 5.74) is 4.05. The monoisotopic (exact) mass is 373 g/mol. The van der Waals surface area contributed by atoms with Crippen LogP contribution in [0.4, 0.5) is 0 Å². The van der Waals surface area contributed by atoms with Crippen molar-refractivity contribution < 1.29 is 9.53 Å². The maximum Gasteiger partial charge on any atom is 0.227 e. The fourth-order valence-electron chi connectivity index (χ4n) is 3.38. The van der Waals surface area contributed by atoms with Gasteiger partial charge in [-0.05, 0) is 25.5 Å². The van der Waals surface area contributed by atoms with Gasteiger partial charge in [-0.15, -0.1) is 11.3 Å². The van der Waals surface area contributed by atoms with Gasteiger partial charge in [-0.1, -0.05) is 30.3 Å². The van der Waals surface area contributed by atoms with Crippen molar-refractivity contribution in [2.24, 2.45) is 5.92 Å². The van der Waals surface area contributed by atoms with Crippen LogP contribution in [0.1, 0.15) is 22.6 Å². The predicted molar refractivity (Wildman–Crippen MR) is 104 cm³/mol. The van der Waals surface area contributed by atoms with Gasteiger partial charge in [-0.2, -0.15) is 0 Å². The summed E-state index contributed by atoms with van der Waals surface area (Å²) in [4.78, 5) is 23.1. The molecule has 5 nitrogen and oxygen atoms in total. The Kier molecular flexibility index (Phi) is 6.77. The molecule has 2 heterocycles. The fraction of sp³-hybridized carbons (Fsp3) is 0.500. The third-order valence-corrected chi connectivity index (χ3v) is 5.86. The van der Waals surface area contributed by atoms with Crippen molar-refractivity contribution in [2.45, 2.75) is 26.4 Å². The van der Waals surface area contributed by atoms with Crippen LogP contribution in [-0.4, -0.2) is 54.0 Å². The molecule has 0 radical (unpaired) electrons. The average molecular weight is 374 g/mol. The minimum Gasteiger partial charge on any atom is -0.383 e. The second-order valence-electron chi connectivity index (χ2n) is 6.82. The van der Waals surface area contributed by atoms with Crippen LogP contribution in [0.15, 0.2) is 35.8 Å². The van der Waals surface area contributed by atoms with Gasteiger partial charge >= 0.3 is 0 Å². The average Bonchev–Trinajstić information content (AvgIpc) is 3.29. The first-order valence-electron chi connectivity index (χ1n) is 9.10. The molecule has 140 valence electrons. The van der Waals surface area contributed by atoms with Crippen LogP contribution in [0.5, 0.6) is 0 Å². The van der Waals surface area contributed by atoms with E-state index in [0.717, 1.165) is 37.3 Å². The SMILES string of the molecule is COCCN1CC[C@@H](C(=O)N(Cc2ccccc2)Cc2scnc2C)C1. The minimum absolute atomic E-state index is 0.0730. The van der Waals surface area contributed by atoms with E-state index >= 15 is 0 Å². The van der Waals surface area contributed by atoms with Crippen molar-refractivity contribution in [1.29, 1.82) is 0 Å². The van der Waals surface area contributed by atoms with E-state index in [9.17, 15) is 4.79 Å². The highest BCUT2D eigenvalue weighted by molar-refractivity contribution is 7.09. The molecule has 1 saturated heterocycles. The molecule has 0 spiro atoms. The zero-order valence-electron chi connectivity index (χ0n) is 15.6. The van der Waals surface area contributed by atoms with Gasteiger partial charge in [0.05, 0.1) is 30.3 Å². The smallest absolute Gasteiger partial charge is 0.227 e. The van der Waals surface area contributed by atoms with Crippen molar-refractivity contribution in [3.8, 4) is 0 Å². The molecular formula is C20H27N3O2S. The quantitative estimate of drug-likeness (QED) is 0.714. The van der Waals surface area contributed by atoms with E-state index in [1.54, 1.807) is 18.4 Å². The molecule has 1 fully saturated rings. The van der Waals surface area contributed by atoms with Gasteiger partial charge in [0.1, 0.15) is 0 Å². The van der Waals surface area contributed by atoms with E-state index < -0.39 is 0 Å². The standard InChI is InChI=1S/C20H27N3O2S/c1-16-19(26-15-21-16)14-23(12-17-6-4-3-5-7-17)20(24)18-8-9-22(13-18)10-11-25-2/h3-7,15,18H,8-14H2,1-2H3/t18-/m1/s1. The van der Waals surface area contributed by atoms with Crippen molar-refractivity contribution in [2.75, 3.05) is 33.4 Å². The number of aryl methyl sites for hydroxylation is 1. The zero-order chi connectivity index (χ0) is 18.4. The van der Waals surface area contributed by atoms with Crippen LogP contribution < -0.4 is 0 Å². The van der Waals surface area contributed by atoms with Crippen LogP contribution in [-0.2, 0) is 22.6 Å². The maximum absolute atomic E-state index is 13.3. The molecule has 1 aromatic carbocycles. The molecule has 1 atom stereocenters. The van der Waals surface area contributed by atoms with Crippen LogP contribution in [0.2, 0.25) is 0 Å². The number of hydrogen-bond acceptors (Lipinski definition) is 5. The molecule has 0 saturated carbocycles. The Hall–Kier alpha value is -1.76. The number of nitrogens with zero attached hydrogens (tertiary/aromatic N) is 3. The second-order valence-corrected chi connectivity index (χ2v) is 7.76. The number of rotatable bonds is 8. The minimum atomic E-state index is 0.0730. The molecule has 0 aliphatic carbocycles. The van der Waals surface area contributed by atoms with Gasteiger partial charge in [-0.3, -0.25) is 4.79 Å². The molecule has 0 bridgehead atoms. The highest BCUT2D eigenvalue weighted by atomic mass is 32.1. The summed E-state index contributed by atoms with van der Waals surface area (Å²) in [5, 5.41) is 0. The van der Waals surface area contributed by atoms with Gasteiger partial charge in [0.15, 0.2) is 0 Å². The molecule has 0 unspecified atom stereocenters. The number of carbonyl (C=O) groups excluding carboxylic acids is 1. The van der Waals surface area contributed by atoms with Crippen molar-refractivity contribution in [3.63, 3.8) is 0 Å². The topological polar surface area (TPSA) is 45.7 Å². The number of likely N-dealkylation sites (tertiary alicyclic amines) is 1. The lowest BCUT2D eigenvalue weighted by molar-refractivity contribution is -0.136. The first kappa shape index (κ1) is 19.0. The van der Waals surface area contributed by atoms with Gasteiger partial charge < -0.3 is 14.5 Å². The fourth-order valence-corrected chi connectivity index (χ4v) is 4.17. The lowest BCUT2D eigenvalue weighted by atomic mass is 10.1. The molecule has 26 heavy (non-hydrogen) atoms. The number of ether oxygens (including phenoxy) is 1. The third-order valence-electron chi connectivity index (χ3n) is 4.94. The summed E-state index contributed by atoms with van der Waals surface area (Å²) in [6.45, 7) is 6.71. The Morgan fingerprint density at radius 2 is 2.15 bits per heavy atom. The van der Waals surface area contributed by atoms with Gasteiger partial charge in [-0.25, -0.2) is 4.98 Å². The van der Waals surface area contributed by atoms with Crippen LogP contribution >= 0.6 is 11.3 Å². The summed E-state index contributed by atoms with van der Waals surface area (Å²) in [7, 11) is 1.72. The summed E-state index contributed by atoms with van der Waals surface area (Å²) in [6.07, 6.45) is 0.926. The molecule has 1 aliphatic rings. The number of methoxy groups -OCH3 is 1. The number of amides is 1. The number of benzene rings is 1. The molecule has 0 N–H and O–H groups in total. The van der Waals surface area contributed by atoms with E-state index in [0.29, 0.717) is 19.7 Å². The highest BCUT2D eigenvalue weighted by Crippen LogP contribution is 2.23. The lowest BCUT2D eigenvalue weighted by Crippen LogP contribution is -2.37. The van der Waals surface area contributed by atoms with Crippen molar-refractivity contribution in [3.05, 3.63) is 52.0 Å². The molecule has 1 amide bonds. The largest absolute Gasteiger partial charge is 0.383 e. The van der Waals surface area contributed by atoms with Crippen molar-refractivity contribution in [1.82, 2.24) is 14.8 Å². The van der Waals surface area contributed by atoms with Crippen LogP contribution in [0.3, 0.4) is 0 Å². The van der Waals surface area contributed by atoms with E-state index in [4.69, 9.17) is 4.74 Å². The van der Waals surface area contributed by atoms with Crippen molar-refractivity contribution >= 4 is 17.2 Å². The Balaban J connectivity index is 1.70. The summed E-state index contributed by atoms with van der Waals surface area (Å²) in [6, 6.07) is 10.2. The summed E-state index contributed by atoms with van der Waals surface area (Å²) in [5.74, 6) is 0.324. The molecule has 6 heteroatoms. The molecule has 2 aromatic rings. The van der Waals surface area contributed by atoms with E-state index in [1.807, 2.05) is 35.5 Å².